The Balaban J connectivity index is 2.30. The van der Waals surface area contributed by atoms with E-state index in [9.17, 15) is 4.79 Å². The van der Waals surface area contributed by atoms with Gasteiger partial charge in [0, 0.05) is 12.0 Å². The van der Waals surface area contributed by atoms with Crippen molar-refractivity contribution in [1.82, 2.24) is 0 Å². The highest BCUT2D eigenvalue weighted by Gasteiger charge is 2.24. The Kier molecular flexibility index (Phi) is 4.57. The second-order valence-corrected chi connectivity index (χ2v) is 5.37. The number of aryl methyl sites for hydroxylation is 2. The van der Waals surface area contributed by atoms with Gasteiger partial charge in [-0.05, 0) is 48.8 Å². The molecule has 0 aliphatic heterocycles. The molecule has 0 heterocycles. The first-order chi connectivity index (χ1) is 8.77. The molecule has 0 bridgehead atoms. The van der Waals surface area contributed by atoms with Crippen molar-refractivity contribution in [1.29, 1.82) is 0 Å². The molecule has 0 aromatic heterocycles. The molecular formula is C17H24O. The molecule has 18 heavy (non-hydrogen) atoms. The molecule has 1 aliphatic rings. The standard InChI is InChI=1S/C17H24O/c1-3-5-7-13-9-10-14(8-6-4-2)17-15(13)11-12-16(17)18/h9-10H,3-8,11-12H2,1-2H3. The van der Waals surface area contributed by atoms with Crippen LogP contribution >= 0.6 is 0 Å². The van der Waals surface area contributed by atoms with E-state index in [2.05, 4.69) is 26.0 Å². The number of Topliss-reactive ketones (excluding diaryl/α,β-unsaturated/α-hetero) is 1. The Bertz CT molecular complexity index is 431. The van der Waals surface area contributed by atoms with Gasteiger partial charge in [0.1, 0.15) is 0 Å². The molecular weight excluding hydrogens is 220 g/mol. The van der Waals surface area contributed by atoms with E-state index in [0.29, 0.717) is 5.78 Å². The van der Waals surface area contributed by atoms with Gasteiger partial charge in [-0.15, -0.1) is 0 Å². The Labute approximate surface area is 111 Å². The summed E-state index contributed by atoms with van der Waals surface area (Å²) in [4.78, 5) is 12.1. The van der Waals surface area contributed by atoms with Gasteiger partial charge in [-0.1, -0.05) is 38.8 Å². The lowest BCUT2D eigenvalue weighted by Crippen LogP contribution is -2.02. The Morgan fingerprint density at radius 1 is 0.944 bits per heavy atom. The largest absolute Gasteiger partial charge is 0.294 e. The molecule has 0 atom stereocenters. The Morgan fingerprint density at radius 3 is 2.22 bits per heavy atom. The van der Waals surface area contributed by atoms with Crippen molar-refractivity contribution in [2.45, 2.75) is 65.2 Å². The van der Waals surface area contributed by atoms with E-state index in [4.69, 9.17) is 0 Å². The summed E-state index contributed by atoms with van der Waals surface area (Å²) >= 11 is 0. The van der Waals surface area contributed by atoms with Gasteiger partial charge >= 0.3 is 0 Å². The summed E-state index contributed by atoms with van der Waals surface area (Å²) in [6.45, 7) is 4.43. The third-order valence-electron chi connectivity index (χ3n) is 3.98. The Morgan fingerprint density at radius 2 is 1.56 bits per heavy atom. The number of fused-ring (bicyclic) bond motifs is 1. The molecule has 0 fully saturated rings. The Hall–Kier alpha value is -1.11. The third-order valence-corrected chi connectivity index (χ3v) is 3.98. The minimum absolute atomic E-state index is 0.384. The summed E-state index contributed by atoms with van der Waals surface area (Å²) in [7, 11) is 0. The highest BCUT2D eigenvalue weighted by molar-refractivity contribution is 6.02. The maximum atomic E-state index is 12.1. The van der Waals surface area contributed by atoms with E-state index in [1.807, 2.05) is 0 Å². The van der Waals surface area contributed by atoms with E-state index < -0.39 is 0 Å². The summed E-state index contributed by atoms with van der Waals surface area (Å²) in [5, 5.41) is 0. The fraction of sp³-hybridized carbons (Fsp3) is 0.588. The number of carbonyl (C=O) groups is 1. The lowest BCUT2D eigenvalue weighted by molar-refractivity contribution is 0.0994. The van der Waals surface area contributed by atoms with Gasteiger partial charge in [0.25, 0.3) is 0 Å². The molecule has 0 spiro atoms. The van der Waals surface area contributed by atoms with E-state index in [1.165, 1.54) is 42.4 Å². The van der Waals surface area contributed by atoms with Crippen LogP contribution in [0, 0.1) is 0 Å². The minimum atomic E-state index is 0.384. The molecule has 0 saturated carbocycles. The van der Waals surface area contributed by atoms with Crippen molar-refractivity contribution in [3.05, 3.63) is 34.4 Å². The second kappa shape index (κ2) is 6.17. The minimum Gasteiger partial charge on any atom is -0.294 e. The molecule has 98 valence electrons. The van der Waals surface area contributed by atoms with E-state index in [0.717, 1.165) is 31.2 Å². The zero-order valence-electron chi connectivity index (χ0n) is 11.7. The smallest absolute Gasteiger partial charge is 0.163 e. The van der Waals surface area contributed by atoms with Gasteiger partial charge in [-0.25, -0.2) is 0 Å². The van der Waals surface area contributed by atoms with Crippen molar-refractivity contribution in [2.24, 2.45) is 0 Å². The van der Waals surface area contributed by atoms with Crippen molar-refractivity contribution in [3.63, 3.8) is 0 Å². The average Bonchev–Trinajstić information content (AvgIpc) is 2.77. The van der Waals surface area contributed by atoms with E-state index in [1.54, 1.807) is 0 Å². The molecule has 2 rings (SSSR count). The fourth-order valence-electron chi connectivity index (χ4n) is 2.91. The summed E-state index contributed by atoms with van der Waals surface area (Å²) in [5.41, 5.74) is 5.20. The number of benzene rings is 1. The number of hydrogen-bond donors (Lipinski definition) is 0. The number of hydrogen-bond acceptors (Lipinski definition) is 1. The topological polar surface area (TPSA) is 17.1 Å². The zero-order valence-corrected chi connectivity index (χ0v) is 11.7. The normalized spacial score (nSPS) is 14.0. The van der Waals surface area contributed by atoms with Crippen LogP contribution in [-0.2, 0) is 19.3 Å². The summed E-state index contributed by atoms with van der Waals surface area (Å²) in [6.07, 6.45) is 8.76. The lowest BCUT2D eigenvalue weighted by Gasteiger charge is -2.12. The maximum Gasteiger partial charge on any atom is 0.163 e. The van der Waals surface area contributed by atoms with Crippen LogP contribution in [-0.4, -0.2) is 5.78 Å². The molecule has 0 amide bonds. The van der Waals surface area contributed by atoms with E-state index >= 15 is 0 Å². The van der Waals surface area contributed by atoms with Crippen molar-refractivity contribution in [2.75, 3.05) is 0 Å². The van der Waals surface area contributed by atoms with Crippen molar-refractivity contribution >= 4 is 5.78 Å². The highest BCUT2D eigenvalue weighted by Crippen LogP contribution is 2.30. The van der Waals surface area contributed by atoms with Crippen LogP contribution in [0.3, 0.4) is 0 Å². The van der Waals surface area contributed by atoms with Crippen LogP contribution in [0.5, 0.6) is 0 Å². The number of carbonyl (C=O) groups excluding carboxylic acids is 1. The molecule has 0 saturated heterocycles. The second-order valence-electron chi connectivity index (χ2n) is 5.37. The van der Waals surface area contributed by atoms with Gasteiger partial charge in [0.15, 0.2) is 5.78 Å². The highest BCUT2D eigenvalue weighted by atomic mass is 16.1. The van der Waals surface area contributed by atoms with Gasteiger partial charge in [-0.2, -0.15) is 0 Å². The predicted octanol–water partition coefficient (Wildman–Crippen LogP) is 4.50. The van der Waals surface area contributed by atoms with Gasteiger partial charge < -0.3 is 0 Å². The average molecular weight is 244 g/mol. The quantitative estimate of drug-likeness (QED) is 0.720. The number of rotatable bonds is 6. The van der Waals surface area contributed by atoms with Crippen LogP contribution in [0.2, 0.25) is 0 Å². The lowest BCUT2D eigenvalue weighted by atomic mass is 9.92. The van der Waals surface area contributed by atoms with Crippen LogP contribution in [0.1, 0.15) is 73.0 Å². The van der Waals surface area contributed by atoms with Crippen LogP contribution in [0.25, 0.3) is 0 Å². The first-order valence-electron chi connectivity index (χ1n) is 7.44. The summed E-state index contributed by atoms with van der Waals surface area (Å²) in [5.74, 6) is 0.384. The first kappa shape index (κ1) is 13.3. The molecule has 1 aromatic rings. The molecule has 0 unspecified atom stereocenters. The van der Waals surface area contributed by atoms with E-state index in [-0.39, 0.29) is 0 Å². The molecule has 0 radical (unpaired) electrons. The molecule has 1 aromatic carbocycles. The number of ketones is 1. The first-order valence-corrected chi connectivity index (χ1v) is 7.44. The fourth-order valence-corrected chi connectivity index (χ4v) is 2.91. The van der Waals surface area contributed by atoms with Crippen LogP contribution in [0.15, 0.2) is 12.1 Å². The molecule has 1 aliphatic carbocycles. The third kappa shape index (κ3) is 2.66. The van der Waals surface area contributed by atoms with Crippen molar-refractivity contribution in [3.8, 4) is 0 Å². The van der Waals surface area contributed by atoms with Crippen molar-refractivity contribution < 1.29 is 4.79 Å². The molecule has 1 heteroatoms. The summed E-state index contributed by atoms with van der Waals surface area (Å²) < 4.78 is 0. The number of unbranched alkanes of at least 4 members (excludes halogenated alkanes) is 2. The zero-order chi connectivity index (χ0) is 13.0. The molecule has 1 nitrogen and oxygen atoms in total. The predicted molar refractivity (Wildman–Crippen MR) is 76.3 cm³/mol. The van der Waals surface area contributed by atoms with Gasteiger partial charge in [0.2, 0.25) is 0 Å². The molecule has 0 N–H and O–H groups in total. The monoisotopic (exact) mass is 244 g/mol. The van der Waals surface area contributed by atoms with Gasteiger partial charge in [-0.3, -0.25) is 4.79 Å². The summed E-state index contributed by atoms with van der Waals surface area (Å²) in [6, 6.07) is 4.49. The van der Waals surface area contributed by atoms with Crippen LogP contribution < -0.4 is 0 Å². The van der Waals surface area contributed by atoms with Gasteiger partial charge in [0.05, 0.1) is 0 Å². The van der Waals surface area contributed by atoms with Crippen LogP contribution in [0.4, 0.5) is 0 Å². The SMILES string of the molecule is CCCCc1ccc(CCCC)c2c1CCC2=O. The maximum absolute atomic E-state index is 12.1.